The standard InChI is InChI=1S/C18H30O3/c1-6-18(4,7-2)15-8-12(3)14-11-21-10-13(17(14)15)9-16(19)20-5/h10,12,14-15,17H,6-9,11H2,1-5H3. The number of carbonyl (C=O) groups is 1. The van der Waals surface area contributed by atoms with Gasteiger partial charge in [0.05, 0.1) is 26.4 Å². The van der Waals surface area contributed by atoms with Crippen LogP contribution in [0.15, 0.2) is 11.8 Å². The summed E-state index contributed by atoms with van der Waals surface area (Å²) in [4.78, 5) is 11.7. The molecule has 0 aromatic heterocycles. The van der Waals surface area contributed by atoms with Crippen molar-refractivity contribution in [1.82, 2.24) is 0 Å². The predicted octanol–water partition coefficient (Wildman–Crippen LogP) is 4.18. The lowest BCUT2D eigenvalue weighted by molar-refractivity contribution is -0.140. The van der Waals surface area contributed by atoms with E-state index < -0.39 is 0 Å². The first-order chi connectivity index (χ1) is 9.96. The molecule has 1 heterocycles. The van der Waals surface area contributed by atoms with Crippen molar-refractivity contribution in [3.63, 3.8) is 0 Å². The molecule has 1 fully saturated rings. The topological polar surface area (TPSA) is 35.5 Å². The Labute approximate surface area is 129 Å². The van der Waals surface area contributed by atoms with Crippen LogP contribution in [0.1, 0.15) is 53.4 Å². The SMILES string of the molecule is CCC(C)(CC)C1CC(C)C2COC=C(CC(=O)OC)C21. The van der Waals surface area contributed by atoms with Crippen molar-refractivity contribution in [3.05, 3.63) is 11.8 Å². The molecular weight excluding hydrogens is 264 g/mol. The van der Waals surface area contributed by atoms with Crippen molar-refractivity contribution in [2.24, 2.45) is 29.1 Å². The first kappa shape index (κ1) is 16.4. The van der Waals surface area contributed by atoms with Gasteiger partial charge in [0.25, 0.3) is 0 Å². The number of carbonyl (C=O) groups excluding carboxylic acids is 1. The first-order valence-corrected chi connectivity index (χ1v) is 8.34. The molecule has 4 unspecified atom stereocenters. The molecule has 0 aromatic carbocycles. The van der Waals surface area contributed by atoms with Gasteiger partial charge in [0.2, 0.25) is 0 Å². The number of hydrogen-bond acceptors (Lipinski definition) is 3. The van der Waals surface area contributed by atoms with E-state index in [-0.39, 0.29) is 5.97 Å². The van der Waals surface area contributed by atoms with Gasteiger partial charge in [0.15, 0.2) is 0 Å². The van der Waals surface area contributed by atoms with Crippen LogP contribution in [0.3, 0.4) is 0 Å². The van der Waals surface area contributed by atoms with Crippen molar-refractivity contribution >= 4 is 5.97 Å². The minimum atomic E-state index is -0.154. The van der Waals surface area contributed by atoms with Crippen LogP contribution >= 0.6 is 0 Å². The van der Waals surface area contributed by atoms with Crippen molar-refractivity contribution in [2.45, 2.75) is 53.4 Å². The summed E-state index contributed by atoms with van der Waals surface area (Å²) in [6, 6.07) is 0. The second-order valence-corrected chi connectivity index (χ2v) is 7.15. The Morgan fingerprint density at radius 2 is 2.10 bits per heavy atom. The minimum Gasteiger partial charge on any atom is -0.501 e. The molecule has 1 aliphatic carbocycles. The highest BCUT2D eigenvalue weighted by molar-refractivity contribution is 5.72. The largest absolute Gasteiger partial charge is 0.501 e. The molecule has 2 aliphatic rings. The molecule has 0 amide bonds. The third-order valence-electron chi connectivity index (χ3n) is 6.29. The number of hydrogen-bond donors (Lipinski definition) is 0. The third kappa shape index (κ3) is 2.97. The summed E-state index contributed by atoms with van der Waals surface area (Å²) in [5, 5.41) is 0. The Morgan fingerprint density at radius 3 is 2.67 bits per heavy atom. The monoisotopic (exact) mass is 294 g/mol. The highest BCUT2D eigenvalue weighted by Crippen LogP contribution is 2.56. The quantitative estimate of drug-likeness (QED) is 0.714. The summed E-state index contributed by atoms with van der Waals surface area (Å²) in [5.41, 5.74) is 1.50. The summed E-state index contributed by atoms with van der Waals surface area (Å²) < 4.78 is 10.5. The minimum absolute atomic E-state index is 0.154. The number of esters is 1. The molecule has 3 nitrogen and oxygen atoms in total. The first-order valence-electron chi connectivity index (χ1n) is 8.34. The van der Waals surface area contributed by atoms with Crippen LogP contribution in [0.4, 0.5) is 0 Å². The van der Waals surface area contributed by atoms with Gasteiger partial charge in [0, 0.05) is 5.92 Å². The number of ether oxygens (including phenoxy) is 2. The number of fused-ring (bicyclic) bond motifs is 1. The number of rotatable bonds is 5. The van der Waals surface area contributed by atoms with Gasteiger partial charge in [-0.1, -0.05) is 40.5 Å². The zero-order chi connectivity index (χ0) is 15.6. The maximum Gasteiger partial charge on any atom is 0.309 e. The lowest BCUT2D eigenvalue weighted by Gasteiger charge is -2.41. The van der Waals surface area contributed by atoms with E-state index in [1.807, 2.05) is 6.26 Å². The molecule has 0 spiro atoms. The second-order valence-electron chi connectivity index (χ2n) is 7.15. The zero-order valence-corrected chi connectivity index (χ0v) is 14.1. The average Bonchev–Trinajstić information content (AvgIpc) is 2.85. The molecule has 21 heavy (non-hydrogen) atoms. The highest BCUT2D eigenvalue weighted by atomic mass is 16.5. The summed E-state index contributed by atoms with van der Waals surface area (Å²) >= 11 is 0. The summed E-state index contributed by atoms with van der Waals surface area (Å²) in [7, 11) is 1.46. The van der Waals surface area contributed by atoms with Gasteiger partial charge in [0.1, 0.15) is 0 Å². The van der Waals surface area contributed by atoms with E-state index >= 15 is 0 Å². The van der Waals surface area contributed by atoms with Crippen molar-refractivity contribution in [3.8, 4) is 0 Å². The Kier molecular flexibility index (Phi) is 5.00. The van der Waals surface area contributed by atoms with Gasteiger partial charge in [-0.2, -0.15) is 0 Å². The van der Waals surface area contributed by atoms with Crippen LogP contribution in [-0.4, -0.2) is 19.7 Å². The Bertz CT molecular complexity index is 409. The van der Waals surface area contributed by atoms with E-state index in [4.69, 9.17) is 9.47 Å². The molecule has 0 aromatic rings. The molecule has 2 rings (SSSR count). The molecule has 0 N–H and O–H groups in total. The van der Waals surface area contributed by atoms with Crippen molar-refractivity contribution in [1.29, 1.82) is 0 Å². The van der Waals surface area contributed by atoms with Gasteiger partial charge >= 0.3 is 5.97 Å². The van der Waals surface area contributed by atoms with Crippen LogP contribution < -0.4 is 0 Å². The fourth-order valence-corrected chi connectivity index (χ4v) is 4.41. The predicted molar refractivity (Wildman–Crippen MR) is 83.6 cm³/mol. The molecular formula is C18H30O3. The highest BCUT2D eigenvalue weighted by Gasteiger charge is 2.50. The van der Waals surface area contributed by atoms with E-state index in [1.54, 1.807) is 0 Å². The van der Waals surface area contributed by atoms with E-state index in [0.717, 1.165) is 12.2 Å². The van der Waals surface area contributed by atoms with Crippen LogP contribution in [-0.2, 0) is 14.3 Å². The molecule has 4 atom stereocenters. The summed E-state index contributed by atoms with van der Waals surface area (Å²) in [6.45, 7) is 10.2. The lowest BCUT2D eigenvalue weighted by Crippen LogP contribution is -2.35. The molecule has 0 bridgehead atoms. The molecule has 0 saturated heterocycles. The van der Waals surface area contributed by atoms with Gasteiger partial charge in [-0.15, -0.1) is 0 Å². The Balaban J connectivity index is 2.29. The lowest BCUT2D eigenvalue weighted by atomic mass is 9.65. The number of methoxy groups -OCH3 is 1. The zero-order valence-electron chi connectivity index (χ0n) is 14.1. The fraction of sp³-hybridized carbons (Fsp3) is 0.833. The summed E-state index contributed by atoms with van der Waals surface area (Å²) in [5.74, 6) is 2.19. The average molecular weight is 294 g/mol. The van der Waals surface area contributed by atoms with Gasteiger partial charge in [-0.05, 0) is 35.2 Å². The smallest absolute Gasteiger partial charge is 0.309 e. The second kappa shape index (κ2) is 6.41. The van der Waals surface area contributed by atoms with Gasteiger partial charge < -0.3 is 9.47 Å². The van der Waals surface area contributed by atoms with E-state index in [0.29, 0.717) is 35.5 Å². The molecule has 3 heteroatoms. The van der Waals surface area contributed by atoms with E-state index in [9.17, 15) is 4.79 Å². The maximum absolute atomic E-state index is 11.7. The van der Waals surface area contributed by atoms with Crippen molar-refractivity contribution in [2.75, 3.05) is 13.7 Å². The van der Waals surface area contributed by atoms with Crippen molar-refractivity contribution < 1.29 is 14.3 Å². The van der Waals surface area contributed by atoms with Crippen LogP contribution in [0.25, 0.3) is 0 Å². The normalized spacial score (nSPS) is 32.1. The van der Waals surface area contributed by atoms with Crippen LogP contribution in [0.2, 0.25) is 0 Å². The maximum atomic E-state index is 11.7. The fourth-order valence-electron chi connectivity index (χ4n) is 4.41. The van der Waals surface area contributed by atoms with Crippen LogP contribution in [0.5, 0.6) is 0 Å². The van der Waals surface area contributed by atoms with Crippen LogP contribution in [0, 0.1) is 29.1 Å². The van der Waals surface area contributed by atoms with E-state index in [2.05, 4.69) is 27.7 Å². The van der Waals surface area contributed by atoms with E-state index in [1.165, 1.54) is 26.4 Å². The molecule has 1 aliphatic heterocycles. The molecule has 0 radical (unpaired) electrons. The Morgan fingerprint density at radius 1 is 1.43 bits per heavy atom. The summed E-state index contributed by atoms with van der Waals surface area (Å²) in [6.07, 6.45) is 5.85. The molecule has 1 saturated carbocycles. The third-order valence-corrected chi connectivity index (χ3v) is 6.29. The Hall–Kier alpha value is -0.990. The van der Waals surface area contributed by atoms with Gasteiger partial charge in [-0.25, -0.2) is 0 Å². The van der Waals surface area contributed by atoms with Gasteiger partial charge in [-0.3, -0.25) is 4.79 Å². The molecule has 120 valence electrons.